The van der Waals surface area contributed by atoms with Gasteiger partial charge in [0.05, 0.1) is 5.56 Å². The highest BCUT2D eigenvalue weighted by atomic mass is 79.9. The summed E-state index contributed by atoms with van der Waals surface area (Å²) in [6.07, 6.45) is 1.46. The number of nitrogens with one attached hydrogen (secondary N) is 1. The van der Waals surface area contributed by atoms with Gasteiger partial charge in [0.25, 0.3) is 5.91 Å². The average molecular weight is 326 g/mol. The Morgan fingerprint density at radius 3 is 2.68 bits per heavy atom. The predicted octanol–water partition coefficient (Wildman–Crippen LogP) is 2.70. The van der Waals surface area contributed by atoms with Gasteiger partial charge in [-0.25, -0.2) is 0 Å². The highest BCUT2D eigenvalue weighted by Gasteiger charge is 2.26. The van der Waals surface area contributed by atoms with Crippen molar-refractivity contribution in [2.75, 3.05) is 0 Å². The molecule has 4 nitrogen and oxygen atoms in total. The molecule has 0 bridgehead atoms. The van der Waals surface area contributed by atoms with Crippen LogP contribution in [0.5, 0.6) is 5.75 Å². The SMILES string of the molecule is CC(=O)c1cc(Br)ccc1OC(C)C(=O)NC1CC1. The van der Waals surface area contributed by atoms with Crippen LogP contribution in [0.1, 0.15) is 37.0 Å². The number of ether oxygens (including phenoxy) is 1. The monoisotopic (exact) mass is 325 g/mol. The molecule has 1 N–H and O–H groups in total. The zero-order valence-electron chi connectivity index (χ0n) is 10.9. The Labute approximate surface area is 120 Å². The summed E-state index contributed by atoms with van der Waals surface area (Å²) in [5.74, 6) is 0.208. The topological polar surface area (TPSA) is 55.4 Å². The first-order valence-corrected chi connectivity index (χ1v) is 7.04. The Bertz CT molecular complexity index is 511. The lowest BCUT2D eigenvalue weighted by Gasteiger charge is -2.16. The maximum atomic E-state index is 11.8. The van der Waals surface area contributed by atoms with E-state index in [0.29, 0.717) is 17.4 Å². The molecule has 5 heteroatoms. The van der Waals surface area contributed by atoms with Gasteiger partial charge < -0.3 is 10.1 Å². The van der Waals surface area contributed by atoms with Crippen molar-refractivity contribution < 1.29 is 14.3 Å². The van der Waals surface area contributed by atoms with E-state index >= 15 is 0 Å². The Balaban J connectivity index is 2.08. The van der Waals surface area contributed by atoms with Gasteiger partial charge in [0.15, 0.2) is 11.9 Å². The van der Waals surface area contributed by atoms with Gasteiger partial charge in [-0.15, -0.1) is 0 Å². The molecule has 1 aromatic carbocycles. The van der Waals surface area contributed by atoms with E-state index in [1.54, 1.807) is 25.1 Å². The third kappa shape index (κ3) is 3.80. The molecule has 1 fully saturated rings. The van der Waals surface area contributed by atoms with Gasteiger partial charge in [0.2, 0.25) is 0 Å². The molecule has 19 heavy (non-hydrogen) atoms. The standard InChI is InChI=1S/C14H16BrNO3/c1-8(17)12-7-10(15)3-6-13(12)19-9(2)14(18)16-11-4-5-11/h3,6-7,9,11H,4-5H2,1-2H3,(H,16,18). The Morgan fingerprint density at radius 1 is 1.42 bits per heavy atom. The van der Waals surface area contributed by atoms with Crippen LogP contribution in [0.25, 0.3) is 0 Å². The minimum Gasteiger partial charge on any atom is -0.480 e. The third-order valence-electron chi connectivity index (χ3n) is 2.92. The van der Waals surface area contributed by atoms with Gasteiger partial charge in [0.1, 0.15) is 5.75 Å². The second-order valence-electron chi connectivity index (χ2n) is 4.74. The fourth-order valence-corrected chi connectivity index (χ4v) is 2.03. The van der Waals surface area contributed by atoms with Crippen LogP contribution in [0.15, 0.2) is 22.7 Å². The molecule has 1 aliphatic carbocycles. The number of rotatable bonds is 5. The normalized spacial score (nSPS) is 15.7. The Kier molecular flexibility index (Phi) is 4.24. The molecule has 1 saturated carbocycles. The van der Waals surface area contributed by atoms with Crippen molar-refractivity contribution >= 4 is 27.6 Å². The fourth-order valence-electron chi connectivity index (χ4n) is 1.67. The smallest absolute Gasteiger partial charge is 0.260 e. The molecule has 0 aliphatic heterocycles. The van der Waals surface area contributed by atoms with Gasteiger partial charge in [-0.05, 0) is 44.9 Å². The number of ketones is 1. The van der Waals surface area contributed by atoms with Crippen molar-refractivity contribution in [2.45, 2.75) is 38.8 Å². The molecule has 1 amide bonds. The Morgan fingerprint density at radius 2 is 2.11 bits per heavy atom. The maximum absolute atomic E-state index is 11.8. The van der Waals surface area contributed by atoms with E-state index in [1.807, 2.05) is 0 Å². The van der Waals surface area contributed by atoms with Crippen molar-refractivity contribution in [3.63, 3.8) is 0 Å². The largest absolute Gasteiger partial charge is 0.480 e. The number of hydrogen-bond acceptors (Lipinski definition) is 3. The lowest BCUT2D eigenvalue weighted by atomic mass is 10.1. The van der Waals surface area contributed by atoms with Crippen molar-refractivity contribution in [1.29, 1.82) is 0 Å². The van der Waals surface area contributed by atoms with E-state index in [9.17, 15) is 9.59 Å². The maximum Gasteiger partial charge on any atom is 0.260 e. The van der Waals surface area contributed by atoms with Crippen LogP contribution >= 0.6 is 15.9 Å². The summed E-state index contributed by atoms with van der Waals surface area (Å²) in [7, 11) is 0. The molecule has 1 atom stereocenters. The van der Waals surface area contributed by atoms with Crippen LogP contribution < -0.4 is 10.1 Å². The number of benzene rings is 1. The predicted molar refractivity (Wildman–Crippen MR) is 75.4 cm³/mol. The molecule has 1 unspecified atom stereocenters. The molecule has 1 aliphatic rings. The van der Waals surface area contributed by atoms with E-state index in [4.69, 9.17) is 4.74 Å². The second-order valence-corrected chi connectivity index (χ2v) is 5.66. The van der Waals surface area contributed by atoms with Gasteiger partial charge in [-0.1, -0.05) is 15.9 Å². The van der Waals surface area contributed by atoms with Gasteiger partial charge in [-0.2, -0.15) is 0 Å². The number of hydrogen-bond donors (Lipinski definition) is 1. The van der Waals surface area contributed by atoms with Crippen molar-refractivity contribution in [3.8, 4) is 5.75 Å². The molecule has 0 heterocycles. The molecular formula is C14H16BrNO3. The summed E-state index contributed by atoms with van der Waals surface area (Å²) >= 11 is 3.31. The fraction of sp³-hybridized carbons (Fsp3) is 0.429. The summed E-state index contributed by atoms with van der Waals surface area (Å²) in [4.78, 5) is 23.4. The van der Waals surface area contributed by atoms with Crippen LogP contribution in [0.2, 0.25) is 0 Å². The quantitative estimate of drug-likeness (QED) is 0.847. The molecule has 0 radical (unpaired) electrons. The van der Waals surface area contributed by atoms with Crippen molar-refractivity contribution in [1.82, 2.24) is 5.32 Å². The first-order valence-electron chi connectivity index (χ1n) is 6.25. The first kappa shape index (κ1) is 14.1. The van der Waals surface area contributed by atoms with E-state index in [2.05, 4.69) is 21.2 Å². The summed E-state index contributed by atoms with van der Waals surface area (Å²) < 4.78 is 6.40. The number of halogens is 1. The van der Waals surface area contributed by atoms with Crippen LogP contribution in [0.4, 0.5) is 0 Å². The minimum absolute atomic E-state index is 0.0916. The molecule has 0 spiro atoms. The van der Waals surface area contributed by atoms with Crippen LogP contribution in [0.3, 0.4) is 0 Å². The Hall–Kier alpha value is -1.36. The lowest BCUT2D eigenvalue weighted by Crippen LogP contribution is -2.37. The van der Waals surface area contributed by atoms with E-state index in [0.717, 1.165) is 17.3 Å². The zero-order chi connectivity index (χ0) is 14.0. The minimum atomic E-state index is -0.611. The van der Waals surface area contributed by atoms with E-state index < -0.39 is 6.10 Å². The van der Waals surface area contributed by atoms with Crippen LogP contribution in [-0.4, -0.2) is 23.8 Å². The summed E-state index contributed by atoms with van der Waals surface area (Å²) in [6.45, 7) is 3.16. The number of carbonyl (C=O) groups excluding carboxylic acids is 2. The molecule has 0 saturated heterocycles. The lowest BCUT2D eigenvalue weighted by molar-refractivity contribution is -0.127. The van der Waals surface area contributed by atoms with Crippen molar-refractivity contribution in [2.24, 2.45) is 0 Å². The van der Waals surface area contributed by atoms with Gasteiger partial charge in [0, 0.05) is 10.5 Å². The summed E-state index contributed by atoms with van der Waals surface area (Å²) in [6, 6.07) is 5.48. The first-order chi connectivity index (χ1) is 8.97. The number of Topliss-reactive ketones (excluding diaryl/α,β-unsaturated/α-hetero) is 1. The molecule has 102 valence electrons. The van der Waals surface area contributed by atoms with Gasteiger partial charge >= 0.3 is 0 Å². The van der Waals surface area contributed by atoms with Crippen molar-refractivity contribution in [3.05, 3.63) is 28.2 Å². The van der Waals surface area contributed by atoms with E-state index in [-0.39, 0.29) is 11.7 Å². The van der Waals surface area contributed by atoms with Crippen LogP contribution in [-0.2, 0) is 4.79 Å². The molecule has 1 aromatic rings. The second kappa shape index (κ2) is 5.74. The summed E-state index contributed by atoms with van der Waals surface area (Å²) in [5.41, 5.74) is 0.473. The molecule has 2 rings (SSSR count). The molecule has 0 aromatic heterocycles. The third-order valence-corrected chi connectivity index (χ3v) is 3.41. The average Bonchev–Trinajstić information content (AvgIpc) is 3.14. The molecular weight excluding hydrogens is 310 g/mol. The summed E-state index contributed by atoms with van der Waals surface area (Å²) in [5, 5.41) is 2.88. The van der Waals surface area contributed by atoms with Crippen LogP contribution in [0, 0.1) is 0 Å². The van der Waals surface area contributed by atoms with E-state index in [1.165, 1.54) is 6.92 Å². The highest BCUT2D eigenvalue weighted by molar-refractivity contribution is 9.10. The highest BCUT2D eigenvalue weighted by Crippen LogP contribution is 2.25. The zero-order valence-corrected chi connectivity index (χ0v) is 12.5. The number of carbonyl (C=O) groups is 2. The van der Waals surface area contributed by atoms with Gasteiger partial charge in [-0.3, -0.25) is 9.59 Å². The number of amides is 1.